The van der Waals surface area contributed by atoms with Crippen molar-refractivity contribution in [1.29, 1.82) is 0 Å². The van der Waals surface area contributed by atoms with E-state index in [1.807, 2.05) is 5.32 Å². The van der Waals surface area contributed by atoms with Crippen molar-refractivity contribution in [2.45, 2.75) is 26.3 Å². The molecule has 12 nitrogen and oxygen atoms in total. The second-order valence-electron chi connectivity index (χ2n) is 5.99. The van der Waals surface area contributed by atoms with Gasteiger partial charge in [0.2, 0.25) is 19.2 Å². The minimum Gasteiger partial charge on any atom is -0.480 e. The third kappa shape index (κ3) is 18.8. The Morgan fingerprint density at radius 3 is 1.75 bits per heavy atom. The highest BCUT2D eigenvalue weighted by Crippen LogP contribution is 2.36. The van der Waals surface area contributed by atoms with E-state index >= 15 is 0 Å². The van der Waals surface area contributed by atoms with E-state index in [9.17, 15) is 28.3 Å². The van der Waals surface area contributed by atoms with Crippen molar-refractivity contribution in [3.05, 3.63) is 11.8 Å². The number of carboxylic acid groups (broad SMARTS) is 2. The molecule has 162 valence electrons. The van der Waals surface area contributed by atoms with Crippen LogP contribution in [0.25, 0.3) is 0 Å². The largest absolute Gasteiger partial charge is 0.480 e. The predicted molar refractivity (Wildman–Crippen MR) is 101 cm³/mol. The lowest BCUT2D eigenvalue weighted by Gasteiger charge is -2.13. The van der Waals surface area contributed by atoms with Gasteiger partial charge >= 0.3 is 11.9 Å². The number of hydrogen-bond acceptors (Lipinski definition) is 6. The molecule has 0 saturated carbocycles. The molecule has 0 radical (unpaired) electrons. The van der Waals surface area contributed by atoms with Gasteiger partial charge < -0.3 is 30.6 Å². The quantitative estimate of drug-likeness (QED) is 0.205. The van der Waals surface area contributed by atoms with E-state index in [2.05, 4.69) is 5.32 Å². The summed E-state index contributed by atoms with van der Waals surface area (Å²) in [5.41, 5.74) is -0.381. The average molecular weight is 444 g/mol. The van der Waals surface area contributed by atoms with Crippen LogP contribution in [0.1, 0.15) is 20.3 Å². The zero-order valence-corrected chi connectivity index (χ0v) is 17.7. The van der Waals surface area contributed by atoms with E-state index in [1.165, 1.54) is 6.92 Å². The highest BCUT2D eigenvalue weighted by atomic mass is 31.2. The Labute approximate surface area is 161 Å². The smallest absolute Gasteiger partial charge is 0.352 e. The first kappa shape index (κ1) is 28.2. The van der Waals surface area contributed by atoms with Gasteiger partial charge in [0.15, 0.2) is 7.37 Å². The van der Waals surface area contributed by atoms with Crippen molar-refractivity contribution < 1.29 is 48.3 Å². The van der Waals surface area contributed by atoms with Gasteiger partial charge in [0.1, 0.15) is 11.7 Å². The Hall–Kier alpha value is -2.00. The summed E-state index contributed by atoms with van der Waals surface area (Å²) in [6.07, 6.45) is 0.572. The second kappa shape index (κ2) is 12.5. The molecule has 0 aliphatic heterocycles. The molecule has 0 aliphatic rings. The topological polar surface area (TPSA) is 207 Å². The summed E-state index contributed by atoms with van der Waals surface area (Å²) >= 11 is 0. The van der Waals surface area contributed by atoms with Gasteiger partial charge in [-0.15, -0.1) is 0 Å². The predicted octanol–water partition coefficient (Wildman–Crippen LogP) is -0.143. The first-order valence-corrected chi connectivity index (χ1v) is 12.3. The van der Waals surface area contributed by atoms with Gasteiger partial charge in [0.05, 0.1) is 0 Å². The first-order valence-electron chi connectivity index (χ1n) is 7.74. The van der Waals surface area contributed by atoms with Gasteiger partial charge in [-0.05, 0) is 12.5 Å². The molecule has 0 aliphatic carbocycles. The number of hydrogen-bond donors (Lipinski definition) is 6. The maximum absolute atomic E-state index is 10.9. The average Bonchev–Trinajstić information content (AvgIpc) is 2.45. The van der Waals surface area contributed by atoms with Crippen LogP contribution >= 0.6 is 14.7 Å². The fourth-order valence-corrected chi connectivity index (χ4v) is 2.77. The van der Waals surface area contributed by atoms with Crippen LogP contribution < -0.4 is 10.6 Å². The van der Waals surface area contributed by atoms with Crippen LogP contribution in [0.3, 0.4) is 0 Å². The molecule has 6 N–H and O–H groups in total. The number of rotatable bonds is 9. The summed E-state index contributed by atoms with van der Waals surface area (Å²) in [7, 11) is -6.51. The van der Waals surface area contributed by atoms with Crippen molar-refractivity contribution in [1.82, 2.24) is 10.6 Å². The van der Waals surface area contributed by atoms with E-state index in [0.29, 0.717) is 0 Å². The summed E-state index contributed by atoms with van der Waals surface area (Å²) in [5.74, 6) is -3.55. The Morgan fingerprint density at radius 2 is 1.46 bits per heavy atom. The lowest BCUT2D eigenvalue weighted by molar-refractivity contribution is -0.141. The Kier molecular flexibility index (Phi) is 12.6. The molecule has 0 fully saturated rings. The molecule has 0 aromatic rings. The first-order chi connectivity index (χ1) is 12.4. The lowest BCUT2D eigenvalue weighted by Crippen LogP contribution is -2.40. The van der Waals surface area contributed by atoms with E-state index in [0.717, 1.165) is 26.3 Å². The van der Waals surface area contributed by atoms with Crippen molar-refractivity contribution in [2.24, 2.45) is 0 Å². The minimum atomic E-state index is -3.29. The number of carbonyl (C=O) groups excluding carboxylic acids is 2. The normalized spacial score (nSPS) is 16.3. The van der Waals surface area contributed by atoms with Crippen molar-refractivity contribution in [3.63, 3.8) is 0 Å². The molecule has 0 saturated heterocycles. The lowest BCUT2D eigenvalue weighted by atomic mass is 10.2. The second-order valence-corrected chi connectivity index (χ2v) is 11.0. The summed E-state index contributed by atoms with van der Waals surface area (Å²) in [4.78, 5) is 60.0. The van der Waals surface area contributed by atoms with Crippen molar-refractivity contribution in [2.75, 3.05) is 25.7 Å². The maximum atomic E-state index is 10.9. The number of carboxylic acids is 2. The maximum Gasteiger partial charge on any atom is 0.352 e. The summed E-state index contributed by atoms with van der Waals surface area (Å²) in [5, 5.41) is 21.4. The molecule has 2 unspecified atom stereocenters. The fraction of sp³-hybridized carbons (Fsp3) is 0.571. The Balaban J connectivity index is 0. The number of amides is 2. The number of carbonyl (C=O) groups is 4. The van der Waals surface area contributed by atoms with Gasteiger partial charge in [0.25, 0.3) is 0 Å². The van der Waals surface area contributed by atoms with Crippen LogP contribution in [-0.4, -0.2) is 75.4 Å². The fourth-order valence-electron chi connectivity index (χ4n) is 1.51. The highest BCUT2D eigenvalue weighted by molar-refractivity contribution is 7.57. The van der Waals surface area contributed by atoms with Crippen molar-refractivity contribution in [3.8, 4) is 0 Å². The molecule has 0 bridgehead atoms. The Morgan fingerprint density at radius 1 is 0.964 bits per heavy atom. The standard InChI is InChI=1S/C7H14NO5P.C7H12NO5P/c2*1-5(9)8-6(7(10)11)3-4-14(2,12)13/h6H,3-4H2,1-2H3,(H,8,9)(H,10,11)(H,12,13);3H,4H2,1-2H3,(H,8,9)(H,10,11)(H,12,13)/b;6-3-/t6-;/m1./s1. The van der Waals surface area contributed by atoms with Crippen LogP contribution in [0, 0.1) is 0 Å². The van der Waals surface area contributed by atoms with E-state index in [4.69, 9.17) is 20.0 Å². The molecule has 2 amide bonds. The number of nitrogens with one attached hydrogen (secondary N) is 2. The van der Waals surface area contributed by atoms with Crippen LogP contribution in [0.15, 0.2) is 11.8 Å². The van der Waals surface area contributed by atoms with E-state index in [1.54, 1.807) is 0 Å². The van der Waals surface area contributed by atoms with E-state index in [-0.39, 0.29) is 24.4 Å². The van der Waals surface area contributed by atoms with Gasteiger partial charge in [-0.25, -0.2) is 9.59 Å². The van der Waals surface area contributed by atoms with Gasteiger partial charge in [0, 0.05) is 39.5 Å². The monoisotopic (exact) mass is 444 g/mol. The highest BCUT2D eigenvalue weighted by Gasteiger charge is 2.21. The molecule has 3 atom stereocenters. The van der Waals surface area contributed by atoms with Gasteiger partial charge in [-0.2, -0.15) is 0 Å². The molecular weight excluding hydrogens is 418 g/mol. The van der Waals surface area contributed by atoms with Gasteiger partial charge in [-0.3, -0.25) is 18.7 Å². The zero-order chi connectivity index (χ0) is 22.7. The summed E-state index contributed by atoms with van der Waals surface area (Å²) in [6.45, 7) is 4.61. The van der Waals surface area contributed by atoms with Crippen molar-refractivity contribution >= 4 is 38.5 Å². The third-order valence-electron chi connectivity index (χ3n) is 2.68. The van der Waals surface area contributed by atoms with Crippen LogP contribution in [0.4, 0.5) is 0 Å². The molecule has 28 heavy (non-hydrogen) atoms. The Bertz CT molecular complexity index is 707. The van der Waals surface area contributed by atoms with Crippen LogP contribution in [0.5, 0.6) is 0 Å². The molecule has 14 heteroatoms. The van der Waals surface area contributed by atoms with Crippen LogP contribution in [0.2, 0.25) is 0 Å². The number of aliphatic carboxylic acids is 2. The van der Waals surface area contributed by atoms with Crippen LogP contribution in [-0.2, 0) is 28.3 Å². The minimum absolute atomic E-state index is 0.0425. The zero-order valence-electron chi connectivity index (χ0n) is 15.9. The SMILES string of the molecule is CC(=O)N/C(=C\CP(C)(=O)O)C(=O)O.CC(=O)N[C@H](CCP(C)(=O)O)C(=O)O. The van der Waals surface area contributed by atoms with E-state index < -0.39 is 44.5 Å². The molecular formula is C14H26N2O10P2. The molecule has 0 aromatic heterocycles. The molecule has 0 aromatic carbocycles. The molecule has 0 rings (SSSR count). The third-order valence-corrected chi connectivity index (χ3v) is 4.63. The summed E-state index contributed by atoms with van der Waals surface area (Å²) < 4.78 is 21.7. The summed E-state index contributed by atoms with van der Waals surface area (Å²) in [6, 6.07) is -1.09. The molecule has 0 spiro atoms. The van der Waals surface area contributed by atoms with Gasteiger partial charge in [-0.1, -0.05) is 0 Å². The molecule has 0 heterocycles. The number of allylic oxidation sites excluding steroid dienone is 1.